The van der Waals surface area contributed by atoms with Crippen molar-refractivity contribution < 1.29 is 22.7 Å². The van der Waals surface area contributed by atoms with Crippen LogP contribution in [-0.2, 0) is 21.2 Å². The van der Waals surface area contributed by atoms with Crippen LogP contribution in [0.1, 0.15) is 11.1 Å². The van der Waals surface area contributed by atoms with E-state index in [1.54, 1.807) is 24.3 Å². The zero-order valence-corrected chi connectivity index (χ0v) is 21.0. The summed E-state index contributed by atoms with van der Waals surface area (Å²) in [6.45, 7) is 2.46. The van der Waals surface area contributed by atoms with Gasteiger partial charge in [0.05, 0.1) is 10.6 Å². The Balaban J connectivity index is 1.34. The first kappa shape index (κ1) is 24.0. The number of carbonyl (C=O) groups is 1. The normalized spacial score (nSPS) is 12.5. The van der Waals surface area contributed by atoms with E-state index in [2.05, 4.69) is 15.3 Å². The Morgan fingerprint density at radius 2 is 1.78 bits per heavy atom. The van der Waals surface area contributed by atoms with Crippen LogP contribution in [0.4, 0.5) is 0 Å². The maximum atomic E-state index is 13.4. The van der Waals surface area contributed by atoms with Gasteiger partial charge >= 0.3 is 0 Å². The highest BCUT2D eigenvalue weighted by atomic mass is 32.2. The van der Waals surface area contributed by atoms with E-state index < -0.39 is 9.84 Å². The number of nitrogens with one attached hydrogen (secondary N) is 2. The molecule has 0 radical (unpaired) electrons. The number of aromatic amines is 1. The zero-order chi connectivity index (χ0) is 25.1. The molecule has 3 aromatic carbocycles. The van der Waals surface area contributed by atoms with Crippen LogP contribution in [0, 0.1) is 6.92 Å². The van der Waals surface area contributed by atoms with Gasteiger partial charge in [0.2, 0.25) is 22.5 Å². The summed E-state index contributed by atoms with van der Waals surface area (Å²) in [5, 5.41) is 3.06. The minimum Gasteiger partial charge on any atom is -0.454 e. The molecule has 0 atom stereocenters. The standard InChI is InChI=1S/C26H23N3O5S2/c1-17-7-10-19(11-8-17)24-28-25(26(29-24)36(31,32)20-5-3-2-4-6-20)35-15-23(30)27-14-18-9-12-21-22(13-18)34-16-33-21/h2-13H,14-16H2,1H3,(H,27,30)(H,28,29). The van der Waals surface area contributed by atoms with Crippen LogP contribution in [0.5, 0.6) is 11.5 Å². The highest BCUT2D eigenvalue weighted by Gasteiger charge is 2.26. The maximum Gasteiger partial charge on any atom is 0.231 e. The van der Waals surface area contributed by atoms with E-state index in [1.807, 2.05) is 43.3 Å². The van der Waals surface area contributed by atoms with Gasteiger partial charge in [0.1, 0.15) is 10.9 Å². The molecule has 10 heteroatoms. The molecule has 0 unspecified atom stereocenters. The summed E-state index contributed by atoms with van der Waals surface area (Å²) in [7, 11) is -3.87. The molecule has 2 N–H and O–H groups in total. The molecule has 1 aliphatic rings. The summed E-state index contributed by atoms with van der Waals surface area (Å²) in [5.41, 5.74) is 2.70. The second-order valence-corrected chi connectivity index (χ2v) is 11.0. The Hall–Kier alpha value is -3.76. The molecule has 0 fully saturated rings. The van der Waals surface area contributed by atoms with Gasteiger partial charge in [0, 0.05) is 12.1 Å². The van der Waals surface area contributed by atoms with Gasteiger partial charge in [-0.3, -0.25) is 4.79 Å². The lowest BCUT2D eigenvalue weighted by atomic mass is 10.1. The largest absolute Gasteiger partial charge is 0.454 e. The Labute approximate surface area is 213 Å². The third kappa shape index (κ3) is 5.09. The van der Waals surface area contributed by atoms with Gasteiger partial charge in [0.15, 0.2) is 16.5 Å². The van der Waals surface area contributed by atoms with Gasteiger partial charge < -0.3 is 19.8 Å². The average Bonchev–Trinajstić information content (AvgIpc) is 3.54. The topological polar surface area (TPSA) is 110 Å². The molecule has 0 spiro atoms. The van der Waals surface area contributed by atoms with Gasteiger partial charge in [-0.15, -0.1) is 0 Å². The van der Waals surface area contributed by atoms with E-state index in [-0.39, 0.29) is 33.4 Å². The van der Waals surface area contributed by atoms with Crippen LogP contribution in [0.25, 0.3) is 11.4 Å². The van der Waals surface area contributed by atoms with Crippen molar-refractivity contribution in [3.63, 3.8) is 0 Å². The number of hydrogen-bond donors (Lipinski definition) is 2. The Kier molecular flexibility index (Phi) is 6.71. The fraction of sp³-hybridized carbons (Fsp3) is 0.154. The predicted molar refractivity (Wildman–Crippen MR) is 136 cm³/mol. The minimum atomic E-state index is -3.87. The number of hydrogen-bond acceptors (Lipinski definition) is 7. The molecule has 36 heavy (non-hydrogen) atoms. The van der Waals surface area contributed by atoms with Crippen LogP contribution < -0.4 is 14.8 Å². The Morgan fingerprint density at radius 1 is 1.03 bits per heavy atom. The summed E-state index contributed by atoms with van der Waals surface area (Å²) in [6.07, 6.45) is 0. The van der Waals surface area contributed by atoms with Crippen molar-refractivity contribution in [3.8, 4) is 22.9 Å². The van der Waals surface area contributed by atoms with Gasteiger partial charge in [-0.25, -0.2) is 13.4 Å². The smallest absolute Gasteiger partial charge is 0.231 e. The maximum absolute atomic E-state index is 13.4. The number of imidazole rings is 1. The molecule has 0 bridgehead atoms. The van der Waals surface area contributed by atoms with Crippen molar-refractivity contribution in [1.29, 1.82) is 0 Å². The molecule has 4 aromatic rings. The number of aryl methyl sites for hydroxylation is 1. The molecular weight excluding hydrogens is 498 g/mol. The van der Waals surface area contributed by atoms with Crippen molar-refractivity contribution in [2.24, 2.45) is 0 Å². The fourth-order valence-corrected chi connectivity index (χ4v) is 6.09. The molecule has 2 heterocycles. The first-order valence-electron chi connectivity index (χ1n) is 11.2. The SMILES string of the molecule is Cc1ccc(-c2nc(SCC(=O)NCc3ccc4c(c3)OCO4)c(S(=O)(=O)c3ccccc3)[nH]2)cc1. The van der Waals surface area contributed by atoms with Crippen LogP contribution >= 0.6 is 11.8 Å². The van der Waals surface area contributed by atoms with Crippen molar-refractivity contribution in [1.82, 2.24) is 15.3 Å². The number of benzene rings is 3. The quantitative estimate of drug-likeness (QED) is 0.332. The molecule has 0 aliphatic carbocycles. The van der Waals surface area contributed by atoms with E-state index in [9.17, 15) is 13.2 Å². The molecule has 1 aromatic heterocycles. The van der Waals surface area contributed by atoms with Crippen molar-refractivity contribution in [2.45, 2.75) is 28.4 Å². The van der Waals surface area contributed by atoms with E-state index in [4.69, 9.17) is 9.47 Å². The van der Waals surface area contributed by atoms with Crippen LogP contribution in [0.2, 0.25) is 0 Å². The minimum absolute atomic E-state index is 0.0000523. The highest BCUT2D eigenvalue weighted by molar-refractivity contribution is 8.00. The molecule has 0 saturated carbocycles. The third-order valence-electron chi connectivity index (χ3n) is 5.55. The number of carbonyl (C=O) groups excluding carboxylic acids is 1. The molecular formula is C26H23N3O5S2. The molecule has 1 aliphatic heterocycles. The van der Waals surface area contributed by atoms with E-state index in [1.165, 1.54) is 12.1 Å². The van der Waals surface area contributed by atoms with Crippen molar-refractivity contribution in [3.05, 3.63) is 83.9 Å². The lowest BCUT2D eigenvalue weighted by Crippen LogP contribution is -2.24. The van der Waals surface area contributed by atoms with Gasteiger partial charge in [0.25, 0.3) is 0 Å². The number of fused-ring (bicyclic) bond motifs is 1. The zero-order valence-electron chi connectivity index (χ0n) is 19.4. The first-order chi connectivity index (χ1) is 17.4. The second-order valence-electron chi connectivity index (χ2n) is 8.16. The van der Waals surface area contributed by atoms with E-state index in [0.29, 0.717) is 23.9 Å². The molecule has 0 saturated heterocycles. The number of ether oxygens (including phenoxy) is 2. The number of rotatable bonds is 8. The molecule has 184 valence electrons. The highest BCUT2D eigenvalue weighted by Crippen LogP contribution is 2.33. The second kappa shape index (κ2) is 10.1. The molecule has 1 amide bonds. The van der Waals surface area contributed by atoms with Crippen molar-refractivity contribution >= 4 is 27.5 Å². The average molecular weight is 522 g/mol. The summed E-state index contributed by atoms with van der Waals surface area (Å²) in [5.74, 6) is 1.50. The van der Waals surface area contributed by atoms with Crippen LogP contribution in [-0.4, -0.2) is 36.8 Å². The van der Waals surface area contributed by atoms with Crippen LogP contribution in [0.15, 0.2) is 87.7 Å². The van der Waals surface area contributed by atoms with E-state index in [0.717, 1.165) is 28.5 Å². The van der Waals surface area contributed by atoms with Gasteiger partial charge in [-0.1, -0.05) is 65.9 Å². The number of nitrogens with zero attached hydrogens (tertiary/aromatic N) is 1. The molecule has 8 nitrogen and oxygen atoms in total. The lowest BCUT2D eigenvalue weighted by Gasteiger charge is -2.07. The predicted octanol–water partition coefficient (Wildman–Crippen LogP) is 4.36. The van der Waals surface area contributed by atoms with Gasteiger partial charge in [-0.05, 0) is 36.8 Å². The summed E-state index contributed by atoms with van der Waals surface area (Å²) in [6, 6.07) is 21.2. The number of sulfone groups is 1. The van der Waals surface area contributed by atoms with Gasteiger partial charge in [-0.2, -0.15) is 0 Å². The Morgan fingerprint density at radius 3 is 2.56 bits per heavy atom. The van der Waals surface area contributed by atoms with E-state index >= 15 is 0 Å². The number of thioether (sulfide) groups is 1. The summed E-state index contributed by atoms with van der Waals surface area (Å²) < 4.78 is 37.5. The molecule has 5 rings (SSSR count). The number of aromatic nitrogens is 2. The van der Waals surface area contributed by atoms with Crippen molar-refractivity contribution in [2.75, 3.05) is 12.5 Å². The number of amides is 1. The lowest BCUT2D eigenvalue weighted by molar-refractivity contribution is -0.118. The summed E-state index contributed by atoms with van der Waals surface area (Å²) in [4.78, 5) is 20.3. The third-order valence-corrected chi connectivity index (χ3v) is 8.38. The monoisotopic (exact) mass is 521 g/mol. The summed E-state index contributed by atoms with van der Waals surface area (Å²) >= 11 is 1.07. The fourth-order valence-electron chi connectivity index (χ4n) is 3.62. The van der Waals surface area contributed by atoms with Crippen LogP contribution in [0.3, 0.4) is 0 Å². The first-order valence-corrected chi connectivity index (χ1v) is 13.6. The number of H-pyrrole nitrogens is 1. The Bertz CT molecular complexity index is 1500.